The topological polar surface area (TPSA) is 59.4 Å². The molecule has 0 unspecified atom stereocenters. The van der Waals surface area contributed by atoms with E-state index in [1.165, 1.54) is 0 Å². The molecule has 1 aromatic heterocycles. The van der Waals surface area contributed by atoms with Crippen molar-refractivity contribution < 1.29 is 14.6 Å². The van der Waals surface area contributed by atoms with Crippen molar-refractivity contribution in [2.75, 3.05) is 6.61 Å². The van der Waals surface area contributed by atoms with Gasteiger partial charge in [-0.05, 0) is 25.0 Å². The van der Waals surface area contributed by atoms with Gasteiger partial charge in [0.05, 0.1) is 19.2 Å². The Labute approximate surface area is 87.9 Å². The molecule has 1 aliphatic carbocycles. The molecule has 1 fully saturated rings. The number of hydrogen-bond donors (Lipinski definition) is 1. The highest BCUT2D eigenvalue weighted by Crippen LogP contribution is 2.48. The summed E-state index contributed by atoms with van der Waals surface area (Å²) in [6, 6.07) is 3.62. The first kappa shape index (κ1) is 9.96. The Bertz CT molecular complexity index is 346. The van der Waals surface area contributed by atoms with Crippen molar-refractivity contribution in [1.29, 1.82) is 0 Å². The highest BCUT2D eigenvalue weighted by atomic mass is 16.5. The van der Waals surface area contributed by atoms with E-state index < -0.39 is 5.97 Å². The van der Waals surface area contributed by atoms with Crippen LogP contribution in [0.15, 0.2) is 24.5 Å². The second-order valence-corrected chi connectivity index (χ2v) is 4.05. The van der Waals surface area contributed by atoms with Gasteiger partial charge in [-0.1, -0.05) is 0 Å². The minimum Gasteiger partial charge on any atom is -0.491 e. The highest BCUT2D eigenvalue weighted by Gasteiger charge is 2.45. The molecule has 2 rings (SSSR count). The Morgan fingerprint density at radius 1 is 1.60 bits per heavy atom. The molecule has 0 aliphatic heterocycles. The summed E-state index contributed by atoms with van der Waals surface area (Å²) < 4.78 is 5.51. The molecular formula is C11H13NO3. The predicted octanol–water partition coefficient (Wildman–Crippen LogP) is 1.72. The summed E-state index contributed by atoms with van der Waals surface area (Å²) >= 11 is 0. The quantitative estimate of drug-likeness (QED) is 0.798. The van der Waals surface area contributed by atoms with Gasteiger partial charge in [-0.25, -0.2) is 0 Å². The first-order chi connectivity index (χ1) is 7.20. The first-order valence-electron chi connectivity index (χ1n) is 4.95. The third-order valence-electron chi connectivity index (χ3n) is 2.66. The summed E-state index contributed by atoms with van der Waals surface area (Å²) in [4.78, 5) is 14.5. The molecule has 0 amide bonds. The zero-order valence-corrected chi connectivity index (χ0v) is 8.35. The van der Waals surface area contributed by atoms with E-state index in [0.717, 1.165) is 12.8 Å². The molecule has 4 heteroatoms. The number of nitrogens with zero attached hydrogens (tertiary/aromatic N) is 1. The van der Waals surface area contributed by atoms with E-state index in [0.29, 0.717) is 12.4 Å². The van der Waals surface area contributed by atoms with Crippen molar-refractivity contribution in [2.24, 2.45) is 5.41 Å². The van der Waals surface area contributed by atoms with Gasteiger partial charge in [0.15, 0.2) is 0 Å². The van der Waals surface area contributed by atoms with Crippen molar-refractivity contribution >= 4 is 5.97 Å². The Balaban J connectivity index is 1.86. The average molecular weight is 207 g/mol. The fourth-order valence-corrected chi connectivity index (χ4v) is 1.54. The molecule has 1 saturated carbocycles. The second kappa shape index (κ2) is 3.88. The van der Waals surface area contributed by atoms with Crippen LogP contribution in [0, 0.1) is 5.41 Å². The van der Waals surface area contributed by atoms with Gasteiger partial charge in [0.2, 0.25) is 0 Å². The third-order valence-corrected chi connectivity index (χ3v) is 2.66. The van der Waals surface area contributed by atoms with E-state index in [9.17, 15) is 4.79 Å². The van der Waals surface area contributed by atoms with Crippen LogP contribution >= 0.6 is 0 Å². The van der Waals surface area contributed by atoms with Crippen LogP contribution in [0.1, 0.15) is 19.3 Å². The number of aromatic nitrogens is 1. The summed E-state index contributed by atoms with van der Waals surface area (Å²) in [7, 11) is 0. The molecule has 80 valence electrons. The van der Waals surface area contributed by atoms with E-state index in [2.05, 4.69) is 4.98 Å². The molecule has 1 aromatic rings. The number of carbonyl (C=O) groups is 1. The van der Waals surface area contributed by atoms with Gasteiger partial charge in [0.25, 0.3) is 0 Å². The van der Waals surface area contributed by atoms with Crippen LogP contribution in [0.4, 0.5) is 0 Å². The molecule has 0 bridgehead atoms. The molecular weight excluding hydrogens is 194 g/mol. The zero-order valence-electron chi connectivity index (χ0n) is 8.35. The third kappa shape index (κ3) is 2.68. The van der Waals surface area contributed by atoms with Crippen molar-refractivity contribution in [3.63, 3.8) is 0 Å². The van der Waals surface area contributed by atoms with Crippen LogP contribution in [0.3, 0.4) is 0 Å². The fourth-order valence-electron chi connectivity index (χ4n) is 1.54. The van der Waals surface area contributed by atoms with Crippen LogP contribution in [0.5, 0.6) is 5.75 Å². The van der Waals surface area contributed by atoms with Crippen LogP contribution < -0.4 is 4.74 Å². The molecule has 4 nitrogen and oxygen atoms in total. The van der Waals surface area contributed by atoms with Crippen LogP contribution in [-0.2, 0) is 4.79 Å². The molecule has 1 heterocycles. The maximum Gasteiger partial charge on any atom is 0.304 e. The minimum atomic E-state index is -0.748. The summed E-state index contributed by atoms with van der Waals surface area (Å²) in [6.45, 7) is 0.477. The Morgan fingerprint density at radius 2 is 2.40 bits per heavy atom. The molecule has 1 aliphatic rings. The van der Waals surface area contributed by atoms with Gasteiger partial charge in [0, 0.05) is 11.6 Å². The fraction of sp³-hybridized carbons (Fsp3) is 0.455. The Kier molecular flexibility index (Phi) is 2.58. The Hall–Kier alpha value is -1.58. The van der Waals surface area contributed by atoms with Gasteiger partial charge in [0.1, 0.15) is 5.75 Å². The monoisotopic (exact) mass is 207 g/mol. The van der Waals surface area contributed by atoms with E-state index in [-0.39, 0.29) is 11.8 Å². The largest absolute Gasteiger partial charge is 0.491 e. The molecule has 0 radical (unpaired) electrons. The summed E-state index contributed by atoms with van der Waals surface area (Å²) in [5, 5.41) is 8.72. The summed E-state index contributed by atoms with van der Waals surface area (Å²) in [5.74, 6) is -0.0450. The number of aliphatic carboxylic acids is 1. The maximum absolute atomic E-state index is 10.6. The van der Waals surface area contributed by atoms with Gasteiger partial charge >= 0.3 is 5.97 Å². The number of rotatable bonds is 5. The highest BCUT2D eigenvalue weighted by molar-refractivity contribution is 5.68. The van der Waals surface area contributed by atoms with Gasteiger partial charge in [-0.2, -0.15) is 0 Å². The van der Waals surface area contributed by atoms with Crippen molar-refractivity contribution in [1.82, 2.24) is 4.98 Å². The average Bonchev–Trinajstić information content (AvgIpc) is 2.96. The molecule has 0 aromatic carbocycles. The van der Waals surface area contributed by atoms with Gasteiger partial charge in [-0.3, -0.25) is 9.78 Å². The van der Waals surface area contributed by atoms with Crippen LogP contribution in [0.2, 0.25) is 0 Å². The standard InChI is InChI=1S/C11H13NO3/c13-10(14)6-11(3-4-11)8-15-9-2-1-5-12-7-9/h1-2,5,7H,3-4,6,8H2,(H,13,14). The maximum atomic E-state index is 10.6. The summed E-state index contributed by atoms with van der Waals surface area (Å²) in [5.41, 5.74) is -0.123. The predicted molar refractivity (Wildman–Crippen MR) is 53.7 cm³/mol. The number of ether oxygens (including phenoxy) is 1. The van der Waals surface area contributed by atoms with Crippen molar-refractivity contribution in [3.8, 4) is 5.75 Å². The summed E-state index contributed by atoms with van der Waals surface area (Å²) in [6.07, 6.45) is 5.40. The first-order valence-corrected chi connectivity index (χ1v) is 4.95. The van der Waals surface area contributed by atoms with Crippen LogP contribution in [-0.4, -0.2) is 22.7 Å². The van der Waals surface area contributed by atoms with E-state index in [4.69, 9.17) is 9.84 Å². The lowest BCUT2D eigenvalue weighted by Gasteiger charge is -2.13. The number of hydrogen-bond acceptors (Lipinski definition) is 3. The van der Waals surface area contributed by atoms with E-state index in [1.807, 2.05) is 6.07 Å². The number of pyridine rings is 1. The number of carboxylic acid groups (broad SMARTS) is 1. The SMILES string of the molecule is O=C(O)CC1(COc2cccnc2)CC1. The van der Waals surface area contributed by atoms with Crippen molar-refractivity contribution in [3.05, 3.63) is 24.5 Å². The lowest BCUT2D eigenvalue weighted by atomic mass is 10.0. The van der Waals surface area contributed by atoms with Gasteiger partial charge in [-0.15, -0.1) is 0 Å². The lowest BCUT2D eigenvalue weighted by molar-refractivity contribution is -0.138. The smallest absolute Gasteiger partial charge is 0.304 e. The van der Waals surface area contributed by atoms with Crippen LogP contribution in [0.25, 0.3) is 0 Å². The molecule has 0 spiro atoms. The van der Waals surface area contributed by atoms with Gasteiger partial charge < -0.3 is 9.84 Å². The molecule has 15 heavy (non-hydrogen) atoms. The van der Waals surface area contributed by atoms with E-state index in [1.54, 1.807) is 18.5 Å². The van der Waals surface area contributed by atoms with E-state index >= 15 is 0 Å². The molecule has 1 N–H and O–H groups in total. The minimum absolute atomic E-state index is 0.123. The molecule has 0 saturated heterocycles. The Morgan fingerprint density at radius 3 is 2.93 bits per heavy atom. The second-order valence-electron chi connectivity index (χ2n) is 4.05. The van der Waals surface area contributed by atoms with Crippen molar-refractivity contribution in [2.45, 2.75) is 19.3 Å². The normalized spacial score (nSPS) is 17.1. The lowest BCUT2D eigenvalue weighted by Crippen LogP contribution is -2.17. The zero-order chi connectivity index (χ0) is 10.7. The molecule has 0 atom stereocenters. The number of carboxylic acids is 1.